The summed E-state index contributed by atoms with van der Waals surface area (Å²) in [5.41, 5.74) is 1.23. The zero-order valence-electron chi connectivity index (χ0n) is 16.8. The summed E-state index contributed by atoms with van der Waals surface area (Å²) in [6.45, 7) is 9.19. The van der Waals surface area contributed by atoms with Gasteiger partial charge in [-0.25, -0.2) is 0 Å². The summed E-state index contributed by atoms with van der Waals surface area (Å²) >= 11 is 0. The maximum absolute atomic E-state index is 12.9. The quantitative estimate of drug-likeness (QED) is 0.798. The fourth-order valence-electron chi connectivity index (χ4n) is 4.42. The predicted molar refractivity (Wildman–Crippen MR) is 105 cm³/mol. The van der Waals surface area contributed by atoms with Crippen molar-refractivity contribution in [3.63, 3.8) is 0 Å². The Balaban J connectivity index is 1.69. The van der Waals surface area contributed by atoms with E-state index in [0.29, 0.717) is 0 Å². The maximum atomic E-state index is 12.9. The highest BCUT2D eigenvalue weighted by Gasteiger charge is 2.46. The van der Waals surface area contributed by atoms with Gasteiger partial charge in [0, 0.05) is 26.2 Å². The number of rotatable bonds is 5. The Kier molecular flexibility index (Phi) is 6.20. The summed E-state index contributed by atoms with van der Waals surface area (Å²) in [6.07, 6.45) is 2.86. The normalized spacial score (nSPS) is 22.5. The van der Waals surface area contributed by atoms with E-state index in [2.05, 4.69) is 19.1 Å². The Labute approximate surface area is 162 Å². The van der Waals surface area contributed by atoms with E-state index in [9.17, 15) is 9.59 Å². The zero-order valence-corrected chi connectivity index (χ0v) is 16.8. The van der Waals surface area contributed by atoms with Crippen LogP contribution in [0, 0.1) is 5.41 Å². The van der Waals surface area contributed by atoms with Gasteiger partial charge in [-0.1, -0.05) is 30.3 Å². The van der Waals surface area contributed by atoms with Crippen LogP contribution in [0.1, 0.15) is 51.5 Å². The molecule has 27 heavy (non-hydrogen) atoms. The smallest absolute Gasteiger partial charge is 0.248 e. The molecule has 1 spiro atoms. The molecule has 2 saturated heterocycles. The van der Waals surface area contributed by atoms with Crippen LogP contribution >= 0.6 is 0 Å². The van der Waals surface area contributed by atoms with Crippen molar-refractivity contribution in [2.24, 2.45) is 5.41 Å². The van der Waals surface area contributed by atoms with Gasteiger partial charge in [0.1, 0.15) is 6.61 Å². The minimum atomic E-state index is -0.0635. The molecule has 0 N–H and O–H groups in total. The first-order chi connectivity index (χ1) is 12.9. The number of ether oxygens (including phenoxy) is 1. The Hall–Kier alpha value is -1.88. The van der Waals surface area contributed by atoms with Gasteiger partial charge < -0.3 is 14.5 Å². The molecule has 1 aromatic rings. The lowest BCUT2D eigenvalue weighted by Crippen LogP contribution is -2.54. The number of benzene rings is 1. The third-order valence-corrected chi connectivity index (χ3v) is 6.07. The van der Waals surface area contributed by atoms with E-state index < -0.39 is 0 Å². The van der Waals surface area contributed by atoms with E-state index >= 15 is 0 Å². The summed E-state index contributed by atoms with van der Waals surface area (Å²) in [5, 5.41) is 0. The molecule has 5 nitrogen and oxygen atoms in total. The van der Waals surface area contributed by atoms with Crippen molar-refractivity contribution in [1.29, 1.82) is 0 Å². The molecule has 2 fully saturated rings. The molecule has 0 saturated carbocycles. The van der Waals surface area contributed by atoms with Crippen LogP contribution in [0.4, 0.5) is 0 Å². The van der Waals surface area contributed by atoms with Crippen LogP contribution in [-0.2, 0) is 14.3 Å². The van der Waals surface area contributed by atoms with E-state index in [-0.39, 0.29) is 35.9 Å². The molecule has 2 heterocycles. The van der Waals surface area contributed by atoms with Gasteiger partial charge in [0.2, 0.25) is 11.8 Å². The number of likely N-dealkylation sites (tertiary alicyclic amines) is 2. The minimum Gasteiger partial charge on any atom is -0.369 e. The number of likely N-dealkylation sites (N-methyl/N-ethyl adjacent to an activating group) is 1. The number of hydrogen-bond acceptors (Lipinski definition) is 3. The van der Waals surface area contributed by atoms with Crippen molar-refractivity contribution < 1.29 is 14.3 Å². The zero-order chi connectivity index (χ0) is 19.4. The lowest BCUT2D eigenvalue weighted by molar-refractivity contribution is -0.146. The number of nitrogens with zero attached hydrogens (tertiary/aromatic N) is 2. The van der Waals surface area contributed by atoms with Crippen LogP contribution in [0.25, 0.3) is 0 Å². The van der Waals surface area contributed by atoms with Crippen molar-refractivity contribution in [1.82, 2.24) is 9.80 Å². The molecule has 148 valence electrons. The van der Waals surface area contributed by atoms with E-state index in [0.717, 1.165) is 51.0 Å². The van der Waals surface area contributed by atoms with Gasteiger partial charge in [0.15, 0.2) is 0 Å². The monoisotopic (exact) mass is 372 g/mol. The predicted octanol–water partition coefficient (Wildman–Crippen LogP) is 3.06. The standard InChI is InChI=1S/C22H32N2O3/c1-4-23-16-22(14-19(21(23)26)18-8-6-5-7-9-18)10-12-24(13-11-22)20(25)15-27-17(2)3/h5-9,17,19H,4,10-16H2,1-3H3/t19-/m1/s1. The first kappa shape index (κ1) is 19.9. The Morgan fingerprint density at radius 3 is 2.48 bits per heavy atom. The maximum Gasteiger partial charge on any atom is 0.248 e. The van der Waals surface area contributed by atoms with Crippen molar-refractivity contribution in [3.8, 4) is 0 Å². The molecule has 0 radical (unpaired) electrons. The fraction of sp³-hybridized carbons (Fsp3) is 0.636. The van der Waals surface area contributed by atoms with Crippen LogP contribution < -0.4 is 0 Å². The molecular weight excluding hydrogens is 340 g/mol. The van der Waals surface area contributed by atoms with Gasteiger partial charge in [0.25, 0.3) is 0 Å². The van der Waals surface area contributed by atoms with Gasteiger partial charge in [-0.3, -0.25) is 9.59 Å². The lowest BCUT2D eigenvalue weighted by atomic mass is 9.67. The topological polar surface area (TPSA) is 49.9 Å². The second-order valence-electron chi connectivity index (χ2n) is 8.26. The second kappa shape index (κ2) is 8.42. The van der Waals surface area contributed by atoms with Gasteiger partial charge in [-0.05, 0) is 51.0 Å². The molecule has 0 bridgehead atoms. The van der Waals surface area contributed by atoms with E-state index in [1.165, 1.54) is 0 Å². The minimum absolute atomic E-state index is 0.0635. The summed E-state index contributed by atoms with van der Waals surface area (Å²) in [4.78, 5) is 29.3. The SMILES string of the molecule is CCN1CC2(CCN(C(=O)COC(C)C)CC2)C[C@H](c2ccccc2)C1=O. The highest BCUT2D eigenvalue weighted by atomic mass is 16.5. The van der Waals surface area contributed by atoms with Gasteiger partial charge in [0.05, 0.1) is 12.0 Å². The molecule has 0 unspecified atom stereocenters. The van der Waals surface area contributed by atoms with E-state index in [1.807, 2.05) is 41.8 Å². The molecule has 2 amide bonds. The van der Waals surface area contributed by atoms with Crippen molar-refractivity contribution in [2.75, 3.05) is 32.8 Å². The van der Waals surface area contributed by atoms with E-state index in [4.69, 9.17) is 4.74 Å². The largest absolute Gasteiger partial charge is 0.369 e. The van der Waals surface area contributed by atoms with Crippen molar-refractivity contribution in [2.45, 2.75) is 52.1 Å². The van der Waals surface area contributed by atoms with Crippen LogP contribution in [0.5, 0.6) is 0 Å². The second-order valence-corrected chi connectivity index (χ2v) is 8.26. The highest BCUT2D eigenvalue weighted by Crippen LogP contribution is 2.45. The van der Waals surface area contributed by atoms with Crippen LogP contribution in [0.3, 0.4) is 0 Å². The molecule has 1 atom stereocenters. The Bertz CT molecular complexity index is 651. The first-order valence-electron chi connectivity index (χ1n) is 10.2. The number of carbonyl (C=O) groups is 2. The third-order valence-electron chi connectivity index (χ3n) is 6.07. The van der Waals surface area contributed by atoms with Gasteiger partial charge in [-0.15, -0.1) is 0 Å². The molecule has 2 aliphatic rings. The molecule has 0 aromatic heterocycles. The van der Waals surface area contributed by atoms with E-state index in [1.54, 1.807) is 0 Å². The molecular formula is C22H32N2O3. The highest BCUT2D eigenvalue weighted by molar-refractivity contribution is 5.85. The molecule has 3 rings (SSSR count). The number of amides is 2. The Morgan fingerprint density at radius 2 is 1.89 bits per heavy atom. The summed E-state index contributed by atoms with van der Waals surface area (Å²) in [6, 6.07) is 10.1. The fourth-order valence-corrected chi connectivity index (χ4v) is 4.42. The molecule has 1 aromatic carbocycles. The number of piperidine rings is 2. The summed E-state index contributed by atoms with van der Waals surface area (Å²) in [5.74, 6) is 0.266. The first-order valence-corrected chi connectivity index (χ1v) is 10.2. The van der Waals surface area contributed by atoms with Crippen LogP contribution in [-0.4, -0.2) is 60.5 Å². The lowest BCUT2D eigenvalue weighted by Gasteiger charge is -2.49. The average Bonchev–Trinajstić information content (AvgIpc) is 2.69. The average molecular weight is 373 g/mol. The molecule has 2 aliphatic heterocycles. The van der Waals surface area contributed by atoms with Crippen molar-refractivity contribution >= 4 is 11.8 Å². The van der Waals surface area contributed by atoms with Gasteiger partial charge in [-0.2, -0.15) is 0 Å². The molecule has 0 aliphatic carbocycles. The number of hydrogen-bond donors (Lipinski definition) is 0. The van der Waals surface area contributed by atoms with Crippen molar-refractivity contribution in [3.05, 3.63) is 35.9 Å². The molecule has 5 heteroatoms. The van der Waals surface area contributed by atoms with Crippen LogP contribution in [0.2, 0.25) is 0 Å². The number of carbonyl (C=O) groups excluding carboxylic acids is 2. The van der Waals surface area contributed by atoms with Crippen LogP contribution in [0.15, 0.2) is 30.3 Å². The third kappa shape index (κ3) is 4.52. The summed E-state index contributed by atoms with van der Waals surface area (Å²) in [7, 11) is 0. The summed E-state index contributed by atoms with van der Waals surface area (Å²) < 4.78 is 5.47. The van der Waals surface area contributed by atoms with Gasteiger partial charge >= 0.3 is 0 Å². The Morgan fingerprint density at radius 1 is 1.22 bits per heavy atom.